The largest absolute Gasteiger partial charge is 0.478 e. The van der Waals surface area contributed by atoms with Gasteiger partial charge in [0.2, 0.25) is 0 Å². The predicted molar refractivity (Wildman–Crippen MR) is 48.8 cm³/mol. The summed E-state index contributed by atoms with van der Waals surface area (Å²) in [5, 5.41) is 8.52. The van der Waals surface area contributed by atoms with Crippen LogP contribution in [0.1, 0.15) is 4.88 Å². The highest BCUT2D eigenvalue weighted by molar-refractivity contribution is 7.17. The summed E-state index contributed by atoms with van der Waals surface area (Å²) in [6.07, 6.45) is 2.34. The van der Waals surface area contributed by atoms with Gasteiger partial charge in [-0.3, -0.25) is 0 Å². The van der Waals surface area contributed by atoms with Crippen molar-refractivity contribution in [2.24, 2.45) is 0 Å². The molecule has 0 fully saturated rings. The topological polar surface area (TPSA) is 50.2 Å². The number of hydrogen-bond donors (Lipinski definition) is 1. The van der Waals surface area contributed by atoms with Crippen LogP contribution in [0.15, 0.2) is 6.08 Å². The number of halogens is 2. The zero-order chi connectivity index (χ0) is 9.14. The molecule has 0 bridgehead atoms. The average Bonchev–Trinajstić information content (AvgIpc) is 2.26. The summed E-state index contributed by atoms with van der Waals surface area (Å²) in [7, 11) is 0. The van der Waals surface area contributed by atoms with Crippen LogP contribution in [0.4, 0.5) is 0 Å². The Morgan fingerprint density at radius 2 is 2.25 bits per heavy atom. The van der Waals surface area contributed by atoms with E-state index in [1.165, 1.54) is 6.08 Å². The van der Waals surface area contributed by atoms with E-state index in [0.717, 1.165) is 17.4 Å². The molecule has 6 heteroatoms. The van der Waals surface area contributed by atoms with Crippen LogP contribution in [0.25, 0.3) is 6.08 Å². The summed E-state index contributed by atoms with van der Waals surface area (Å²) in [5.74, 6) is -1.03. The van der Waals surface area contributed by atoms with E-state index >= 15 is 0 Å². The van der Waals surface area contributed by atoms with Crippen molar-refractivity contribution in [2.75, 3.05) is 0 Å². The summed E-state index contributed by atoms with van der Waals surface area (Å²) in [4.78, 5) is 14.4. The van der Waals surface area contributed by atoms with Crippen LogP contribution in [0.5, 0.6) is 0 Å². The fourth-order valence-corrected chi connectivity index (χ4v) is 1.81. The normalized spacial score (nSPS) is 10.8. The molecule has 0 atom stereocenters. The summed E-state index contributed by atoms with van der Waals surface area (Å²) in [5.41, 5.74) is 0. The van der Waals surface area contributed by atoms with Gasteiger partial charge in [-0.2, -0.15) is 0 Å². The standard InChI is InChI=1S/C6H3Cl2NO2S/c7-5-3(1-2-4(10)11)12-6(8)9-5/h1-2H,(H,10,11)/b2-1+. The molecule has 0 saturated heterocycles. The smallest absolute Gasteiger partial charge is 0.328 e. The molecule has 1 aromatic heterocycles. The second-order valence-electron chi connectivity index (χ2n) is 1.79. The van der Waals surface area contributed by atoms with Crippen LogP contribution in [-0.4, -0.2) is 16.1 Å². The molecule has 1 aromatic rings. The van der Waals surface area contributed by atoms with Gasteiger partial charge in [0.25, 0.3) is 0 Å². The number of thiazole rings is 1. The molecule has 0 saturated carbocycles. The van der Waals surface area contributed by atoms with Gasteiger partial charge < -0.3 is 5.11 Å². The highest BCUT2D eigenvalue weighted by Gasteiger charge is 2.04. The first-order chi connectivity index (χ1) is 5.59. The Kier molecular flexibility index (Phi) is 3.08. The third-order valence-corrected chi connectivity index (χ3v) is 2.49. The molecule has 1 heterocycles. The molecule has 0 aliphatic heterocycles. The fourth-order valence-electron chi connectivity index (χ4n) is 0.538. The predicted octanol–water partition coefficient (Wildman–Crippen LogP) is 2.55. The minimum atomic E-state index is -1.03. The molecule has 64 valence electrons. The molecule has 3 nitrogen and oxygen atoms in total. The number of carboxylic acid groups (broad SMARTS) is 1. The van der Waals surface area contributed by atoms with Crippen molar-refractivity contribution in [1.82, 2.24) is 4.98 Å². The van der Waals surface area contributed by atoms with E-state index in [9.17, 15) is 4.79 Å². The number of aromatic nitrogens is 1. The maximum atomic E-state index is 10.1. The van der Waals surface area contributed by atoms with Crippen LogP contribution in [0.3, 0.4) is 0 Å². The molecule has 1 N–H and O–H groups in total. The van der Waals surface area contributed by atoms with Gasteiger partial charge in [0, 0.05) is 6.08 Å². The molecule has 0 aliphatic carbocycles. The maximum absolute atomic E-state index is 10.1. The molecule has 0 spiro atoms. The van der Waals surface area contributed by atoms with Crippen LogP contribution in [0, 0.1) is 0 Å². The molecule has 0 unspecified atom stereocenters. The Morgan fingerprint density at radius 3 is 2.67 bits per heavy atom. The number of hydrogen-bond acceptors (Lipinski definition) is 3. The third-order valence-electron chi connectivity index (χ3n) is 0.961. The Morgan fingerprint density at radius 1 is 1.58 bits per heavy atom. The van der Waals surface area contributed by atoms with E-state index in [2.05, 4.69) is 4.98 Å². The lowest BCUT2D eigenvalue weighted by atomic mass is 10.4. The Hall–Kier alpha value is -0.580. The Labute approximate surface area is 82.3 Å². The molecule has 0 aromatic carbocycles. The van der Waals surface area contributed by atoms with Gasteiger partial charge in [0.15, 0.2) is 4.47 Å². The van der Waals surface area contributed by atoms with Gasteiger partial charge >= 0.3 is 5.97 Å². The zero-order valence-electron chi connectivity index (χ0n) is 5.62. The van der Waals surface area contributed by atoms with Crippen LogP contribution >= 0.6 is 34.5 Å². The number of carboxylic acids is 1. The second-order valence-corrected chi connectivity index (χ2v) is 3.76. The number of aliphatic carboxylic acids is 1. The van der Waals surface area contributed by atoms with E-state index in [0.29, 0.717) is 9.34 Å². The monoisotopic (exact) mass is 223 g/mol. The SMILES string of the molecule is O=C(O)/C=C/c1sc(Cl)nc1Cl. The summed E-state index contributed by atoms with van der Waals surface area (Å²) >= 11 is 12.3. The van der Waals surface area contributed by atoms with Crippen molar-refractivity contribution in [3.63, 3.8) is 0 Å². The maximum Gasteiger partial charge on any atom is 0.328 e. The Bertz CT molecular complexity index is 334. The Balaban J connectivity index is 2.89. The van der Waals surface area contributed by atoms with Gasteiger partial charge in [-0.25, -0.2) is 9.78 Å². The first-order valence-electron chi connectivity index (χ1n) is 2.82. The van der Waals surface area contributed by atoms with Gasteiger partial charge in [0.05, 0.1) is 4.88 Å². The summed E-state index contributed by atoms with van der Waals surface area (Å²) < 4.78 is 0.296. The number of nitrogens with zero attached hydrogens (tertiary/aromatic N) is 1. The van der Waals surface area contributed by atoms with Crippen LogP contribution < -0.4 is 0 Å². The van der Waals surface area contributed by atoms with Crippen molar-refractivity contribution < 1.29 is 9.90 Å². The first-order valence-corrected chi connectivity index (χ1v) is 4.39. The van der Waals surface area contributed by atoms with Crippen LogP contribution in [0.2, 0.25) is 9.62 Å². The van der Waals surface area contributed by atoms with Gasteiger partial charge in [0.1, 0.15) is 5.15 Å². The molecule has 1 rings (SSSR count). The molecule has 0 amide bonds. The lowest BCUT2D eigenvalue weighted by molar-refractivity contribution is -0.131. The quantitative estimate of drug-likeness (QED) is 0.785. The van der Waals surface area contributed by atoms with E-state index in [1.807, 2.05) is 0 Å². The van der Waals surface area contributed by atoms with E-state index in [1.54, 1.807) is 0 Å². The second kappa shape index (κ2) is 3.89. The van der Waals surface area contributed by atoms with Gasteiger partial charge in [-0.05, 0) is 6.08 Å². The lowest BCUT2D eigenvalue weighted by Crippen LogP contribution is -1.84. The minimum Gasteiger partial charge on any atom is -0.478 e. The summed E-state index contributed by atoms with van der Waals surface area (Å²) in [6, 6.07) is 0. The highest BCUT2D eigenvalue weighted by Crippen LogP contribution is 2.27. The van der Waals surface area contributed by atoms with Crippen molar-refractivity contribution in [3.8, 4) is 0 Å². The fraction of sp³-hybridized carbons (Fsp3) is 0. The van der Waals surface area contributed by atoms with Crippen molar-refractivity contribution in [3.05, 3.63) is 20.6 Å². The molecular weight excluding hydrogens is 221 g/mol. The number of rotatable bonds is 2. The minimum absolute atomic E-state index is 0.225. The van der Waals surface area contributed by atoms with Crippen molar-refractivity contribution in [2.45, 2.75) is 0 Å². The third kappa shape index (κ3) is 2.48. The van der Waals surface area contributed by atoms with E-state index in [4.69, 9.17) is 28.3 Å². The highest BCUT2D eigenvalue weighted by atomic mass is 35.5. The first kappa shape index (κ1) is 9.51. The van der Waals surface area contributed by atoms with Crippen molar-refractivity contribution >= 4 is 46.6 Å². The lowest BCUT2D eigenvalue weighted by Gasteiger charge is -1.81. The van der Waals surface area contributed by atoms with Gasteiger partial charge in [-0.15, -0.1) is 11.3 Å². The van der Waals surface area contributed by atoms with Crippen LogP contribution in [-0.2, 0) is 4.79 Å². The van der Waals surface area contributed by atoms with Gasteiger partial charge in [-0.1, -0.05) is 23.2 Å². The molecular formula is C6H3Cl2NO2S. The molecule has 0 aliphatic rings. The molecule has 0 radical (unpaired) electrons. The summed E-state index contributed by atoms with van der Waals surface area (Å²) in [6.45, 7) is 0. The zero-order valence-corrected chi connectivity index (χ0v) is 7.95. The van der Waals surface area contributed by atoms with E-state index in [-0.39, 0.29) is 5.15 Å². The number of carbonyl (C=O) groups is 1. The van der Waals surface area contributed by atoms with E-state index < -0.39 is 5.97 Å². The average molecular weight is 224 g/mol. The van der Waals surface area contributed by atoms with Crippen molar-refractivity contribution in [1.29, 1.82) is 0 Å². The molecule has 12 heavy (non-hydrogen) atoms.